The molecule has 1 N–H and O–H groups in total. The molecule has 3 aromatic rings. The zero-order valence-corrected chi connectivity index (χ0v) is 27.8. The van der Waals surface area contributed by atoms with Gasteiger partial charge in [-0.1, -0.05) is 51.1 Å². The zero-order chi connectivity index (χ0) is 33.0. The third-order valence-corrected chi connectivity index (χ3v) is 8.98. The molecule has 10 nitrogen and oxygen atoms in total. The van der Waals surface area contributed by atoms with Crippen LogP contribution in [0.2, 0.25) is 0 Å². The van der Waals surface area contributed by atoms with E-state index in [1.165, 1.54) is 37.3 Å². The molecule has 1 unspecified atom stereocenters. The van der Waals surface area contributed by atoms with Crippen LogP contribution >= 0.6 is 0 Å². The van der Waals surface area contributed by atoms with Crippen molar-refractivity contribution in [2.75, 3.05) is 44.8 Å². The normalized spacial score (nSPS) is 11.9. The second-order valence-electron chi connectivity index (χ2n) is 10.8. The maximum Gasteiger partial charge on any atom is 0.264 e. The number of amides is 2. The first-order valence-corrected chi connectivity index (χ1v) is 16.6. The second kappa shape index (κ2) is 16.7. The smallest absolute Gasteiger partial charge is 0.264 e. The largest absolute Gasteiger partial charge is 0.494 e. The molecule has 0 saturated carbocycles. The molecule has 0 aromatic heterocycles. The predicted molar refractivity (Wildman–Crippen MR) is 175 cm³/mol. The summed E-state index contributed by atoms with van der Waals surface area (Å²) in [6, 6.07) is 19.6. The van der Waals surface area contributed by atoms with E-state index >= 15 is 0 Å². The fraction of sp³-hybridized carbons (Fsp3) is 0.412. The molecular formula is C34H45N3O7S. The van der Waals surface area contributed by atoms with E-state index in [4.69, 9.17) is 14.2 Å². The van der Waals surface area contributed by atoms with Crippen LogP contribution in [0.25, 0.3) is 0 Å². The van der Waals surface area contributed by atoms with Gasteiger partial charge in [-0.3, -0.25) is 13.9 Å². The Hall–Kier alpha value is -4.25. The number of methoxy groups -OCH3 is 2. The number of hydrogen-bond donors (Lipinski definition) is 1. The Morgan fingerprint density at radius 3 is 2.13 bits per heavy atom. The van der Waals surface area contributed by atoms with Crippen LogP contribution in [0, 0.1) is 5.92 Å². The van der Waals surface area contributed by atoms with Crippen LogP contribution in [0.1, 0.15) is 39.7 Å². The molecule has 0 radical (unpaired) electrons. The van der Waals surface area contributed by atoms with Crippen LogP contribution in [0.4, 0.5) is 5.69 Å². The SMILES string of the molecule is CCOc1ccc(N(CC(=O)N(CCc2ccccc2)C(CC)C(=O)NCC(C)C)S(=O)(=O)c2ccc(OC)c(OC)c2)cc1. The highest BCUT2D eigenvalue weighted by Crippen LogP contribution is 2.33. The van der Waals surface area contributed by atoms with Gasteiger partial charge in [0.15, 0.2) is 11.5 Å². The molecule has 0 aliphatic carbocycles. The number of rotatable bonds is 17. The fourth-order valence-electron chi connectivity index (χ4n) is 4.83. The van der Waals surface area contributed by atoms with Crippen molar-refractivity contribution in [3.63, 3.8) is 0 Å². The summed E-state index contributed by atoms with van der Waals surface area (Å²) in [4.78, 5) is 29.0. The number of sulfonamides is 1. The number of ether oxygens (including phenoxy) is 3. The van der Waals surface area contributed by atoms with E-state index in [9.17, 15) is 18.0 Å². The molecule has 0 saturated heterocycles. The Morgan fingerprint density at radius 2 is 1.56 bits per heavy atom. The quantitative estimate of drug-likeness (QED) is 0.223. The second-order valence-corrected chi connectivity index (χ2v) is 12.7. The average molecular weight is 640 g/mol. The molecule has 3 aromatic carbocycles. The molecule has 0 aliphatic heterocycles. The molecule has 0 spiro atoms. The first kappa shape index (κ1) is 35.2. The van der Waals surface area contributed by atoms with Crippen molar-refractivity contribution in [3.05, 3.63) is 78.4 Å². The summed E-state index contributed by atoms with van der Waals surface area (Å²) in [6.07, 6.45) is 0.849. The summed E-state index contributed by atoms with van der Waals surface area (Å²) in [5.41, 5.74) is 1.26. The predicted octanol–water partition coefficient (Wildman–Crippen LogP) is 4.92. The van der Waals surface area contributed by atoms with Crippen molar-refractivity contribution >= 4 is 27.5 Å². The number of anilines is 1. The maximum absolute atomic E-state index is 14.2. The van der Waals surface area contributed by atoms with Crippen LogP contribution < -0.4 is 23.8 Å². The topological polar surface area (TPSA) is 114 Å². The zero-order valence-electron chi connectivity index (χ0n) is 27.0. The Bertz CT molecular complexity index is 1500. The molecule has 0 fully saturated rings. The van der Waals surface area contributed by atoms with Gasteiger partial charge in [0.2, 0.25) is 11.8 Å². The van der Waals surface area contributed by atoms with Crippen LogP contribution in [-0.4, -0.2) is 71.6 Å². The highest BCUT2D eigenvalue weighted by Gasteiger charge is 2.34. The number of carbonyl (C=O) groups is 2. The van der Waals surface area contributed by atoms with Gasteiger partial charge in [0.05, 0.1) is 31.4 Å². The van der Waals surface area contributed by atoms with Gasteiger partial charge < -0.3 is 24.4 Å². The van der Waals surface area contributed by atoms with Gasteiger partial charge in [-0.2, -0.15) is 0 Å². The van der Waals surface area contributed by atoms with Gasteiger partial charge in [-0.05, 0) is 67.6 Å². The van der Waals surface area contributed by atoms with Gasteiger partial charge in [-0.15, -0.1) is 0 Å². The molecule has 2 amide bonds. The number of nitrogens with zero attached hydrogens (tertiary/aromatic N) is 2. The average Bonchev–Trinajstić information content (AvgIpc) is 3.04. The highest BCUT2D eigenvalue weighted by molar-refractivity contribution is 7.92. The summed E-state index contributed by atoms with van der Waals surface area (Å²) in [5.74, 6) is 0.604. The first-order chi connectivity index (χ1) is 21.5. The first-order valence-electron chi connectivity index (χ1n) is 15.1. The van der Waals surface area contributed by atoms with Gasteiger partial charge >= 0.3 is 0 Å². The van der Waals surface area contributed by atoms with Gasteiger partial charge in [0.25, 0.3) is 10.0 Å². The molecule has 45 heavy (non-hydrogen) atoms. The third kappa shape index (κ3) is 9.37. The number of benzene rings is 3. The molecule has 244 valence electrons. The van der Waals surface area contributed by atoms with Crippen molar-refractivity contribution in [1.29, 1.82) is 0 Å². The van der Waals surface area contributed by atoms with Crippen molar-refractivity contribution in [3.8, 4) is 17.2 Å². The van der Waals surface area contributed by atoms with E-state index in [0.29, 0.717) is 37.5 Å². The lowest BCUT2D eigenvalue weighted by molar-refractivity contribution is -0.139. The minimum Gasteiger partial charge on any atom is -0.494 e. The van der Waals surface area contributed by atoms with Crippen LogP contribution in [0.3, 0.4) is 0 Å². The maximum atomic E-state index is 14.2. The summed E-state index contributed by atoms with van der Waals surface area (Å²) in [6.45, 7) is 8.28. The Balaban J connectivity index is 2.05. The van der Waals surface area contributed by atoms with E-state index in [2.05, 4.69) is 5.32 Å². The van der Waals surface area contributed by atoms with Gasteiger partial charge in [-0.25, -0.2) is 8.42 Å². The summed E-state index contributed by atoms with van der Waals surface area (Å²) in [5, 5.41) is 2.95. The molecule has 11 heteroatoms. The molecule has 1 atom stereocenters. The third-order valence-electron chi connectivity index (χ3n) is 7.21. The molecule has 3 rings (SSSR count). The van der Waals surface area contributed by atoms with Crippen LogP contribution in [0.5, 0.6) is 17.2 Å². The van der Waals surface area contributed by atoms with E-state index in [0.717, 1.165) is 9.87 Å². The van der Waals surface area contributed by atoms with Crippen molar-refractivity contribution < 1.29 is 32.2 Å². The number of carbonyl (C=O) groups excluding carboxylic acids is 2. The number of nitrogens with one attached hydrogen (secondary N) is 1. The Morgan fingerprint density at radius 1 is 0.889 bits per heavy atom. The lowest BCUT2D eigenvalue weighted by atomic mass is 10.1. The lowest BCUT2D eigenvalue weighted by Gasteiger charge is -2.33. The summed E-state index contributed by atoms with van der Waals surface area (Å²) < 4.78 is 45.8. The van der Waals surface area contributed by atoms with Crippen molar-refractivity contribution in [2.45, 2.75) is 51.5 Å². The monoisotopic (exact) mass is 639 g/mol. The van der Waals surface area contributed by atoms with Gasteiger partial charge in [0, 0.05) is 19.2 Å². The summed E-state index contributed by atoms with van der Waals surface area (Å²) in [7, 11) is -1.42. The fourth-order valence-corrected chi connectivity index (χ4v) is 6.26. The molecule has 0 aliphatic rings. The lowest BCUT2D eigenvalue weighted by Crippen LogP contribution is -2.53. The Labute approximate surface area is 267 Å². The van der Waals surface area contributed by atoms with E-state index < -0.39 is 28.5 Å². The Kier molecular flexibility index (Phi) is 13.1. The van der Waals surface area contributed by atoms with E-state index in [-0.39, 0.29) is 34.7 Å². The summed E-state index contributed by atoms with van der Waals surface area (Å²) >= 11 is 0. The van der Waals surface area contributed by atoms with Crippen molar-refractivity contribution in [1.82, 2.24) is 10.2 Å². The molecular weight excluding hydrogens is 594 g/mol. The molecule has 0 bridgehead atoms. The van der Waals surface area contributed by atoms with E-state index in [1.54, 1.807) is 24.3 Å². The van der Waals surface area contributed by atoms with Crippen LogP contribution in [-0.2, 0) is 26.0 Å². The minimum atomic E-state index is -4.30. The van der Waals surface area contributed by atoms with E-state index in [1.807, 2.05) is 58.0 Å². The molecule has 0 heterocycles. The standard InChI is InChI=1S/C34H45N3O7S/c1-7-30(34(39)35-23-25(3)4)36(21-20-26-12-10-9-11-13-26)33(38)24-37(27-14-16-28(17-15-27)44-8-2)45(40,41)29-18-19-31(42-5)32(22-29)43-6/h9-19,22,25,30H,7-8,20-21,23-24H2,1-6H3,(H,35,39). The number of hydrogen-bond acceptors (Lipinski definition) is 7. The minimum absolute atomic E-state index is 0.0839. The van der Waals surface area contributed by atoms with Gasteiger partial charge in [0.1, 0.15) is 18.3 Å². The van der Waals surface area contributed by atoms with Crippen molar-refractivity contribution in [2.24, 2.45) is 5.92 Å². The van der Waals surface area contributed by atoms with Crippen LogP contribution in [0.15, 0.2) is 77.7 Å². The highest BCUT2D eigenvalue weighted by atomic mass is 32.2.